The van der Waals surface area contributed by atoms with Crippen LogP contribution in [0.15, 0.2) is 48.5 Å². The fourth-order valence-electron chi connectivity index (χ4n) is 2.81. The number of hydrogen-bond donors (Lipinski definition) is 1. The van der Waals surface area contributed by atoms with Crippen molar-refractivity contribution in [2.24, 2.45) is 0 Å². The first kappa shape index (κ1) is 15.1. The fourth-order valence-corrected chi connectivity index (χ4v) is 2.81. The molecule has 0 atom stereocenters. The third-order valence-corrected chi connectivity index (χ3v) is 3.98. The summed E-state index contributed by atoms with van der Waals surface area (Å²) in [6, 6.07) is 14.9. The minimum absolute atomic E-state index is 0.419. The van der Waals surface area contributed by atoms with E-state index >= 15 is 0 Å². The summed E-state index contributed by atoms with van der Waals surface area (Å²) < 4.78 is 6.78. The fraction of sp³-hybridized carbons (Fsp3) is 0.111. The van der Waals surface area contributed by atoms with E-state index in [9.17, 15) is 4.79 Å². The third-order valence-electron chi connectivity index (χ3n) is 3.98. The van der Waals surface area contributed by atoms with Crippen molar-refractivity contribution in [1.29, 1.82) is 0 Å². The van der Waals surface area contributed by atoms with Gasteiger partial charge in [-0.3, -0.25) is 4.40 Å². The number of carbonyl (C=O) groups is 1. The second-order valence-corrected chi connectivity index (χ2v) is 5.52. The van der Waals surface area contributed by atoms with E-state index in [2.05, 4.69) is 20.5 Å². The number of ether oxygens (including phenoxy) is 1. The highest BCUT2D eigenvalue weighted by Crippen LogP contribution is 2.26. The molecule has 0 spiro atoms. The van der Waals surface area contributed by atoms with Crippen LogP contribution in [0.1, 0.15) is 16.2 Å². The monoisotopic (exact) mass is 333 g/mol. The Kier molecular flexibility index (Phi) is 3.53. The number of para-hydroxylation sites is 3. The Bertz CT molecular complexity index is 1100. The van der Waals surface area contributed by atoms with Crippen LogP contribution in [0.3, 0.4) is 0 Å². The van der Waals surface area contributed by atoms with Crippen LogP contribution in [0.5, 0.6) is 0 Å². The molecule has 0 bridgehead atoms. The number of aryl methyl sites for hydroxylation is 1. The molecule has 7 heteroatoms. The number of nitrogens with zero attached hydrogens (tertiary/aromatic N) is 4. The first-order valence-corrected chi connectivity index (χ1v) is 7.74. The van der Waals surface area contributed by atoms with Crippen LogP contribution in [0.4, 0.5) is 11.5 Å². The number of esters is 1. The van der Waals surface area contributed by atoms with Gasteiger partial charge in [-0.05, 0) is 31.2 Å². The first-order chi connectivity index (χ1) is 12.2. The van der Waals surface area contributed by atoms with Gasteiger partial charge >= 0.3 is 5.97 Å². The van der Waals surface area contributed by atoms with E-state index in [1.807, 2.05) is 41.7 Å². The zero-order chi connectivity index (χ0) is 17.4. The average molecular weight is 333 g/mol. The maximum absolute atomic E-state index is 12.0. The van der Waals surface area contributed by atoms with E-state index in [1.165, 1.54) is 7.11 Å². The summed E-state index contributed by atoms with van der Waals surface area (Å²) in [4.78, 5) is 16.6. The molecule has 2 aromatic carbocycles. The number of methoxy groups -OCH3 is 1. The maximum atomic E-state index is 12.0. The summed E-state index contributed by atoms with van der Waals surface area (Å²) in [6.45, 7) is 1.89. The highest BCUT2D eigenvalue weighted by Gasteiger charge is 2.16. The van der Waals surface area contributed by atoms with Crippen LogP contribution in [0.2, 0.25) is 0 Å². The number of hydrogen-bond acceptors (Lipinski definition) is 6. The van der Waals surface area contributed by atoms with Crippen LogP contribution in [-0.2, 0) is 4.74 Å². The Morgan fingerprint density at radius 3 is 2.68 bits per heavy atom. The molecule has 0 aliphatic carbocycles. The van der Waals surface area contributed by atoms with E-state index in [0.29, 0.717) is 22.7 Å². The number of rotatable bonds is 3. The van der Waals surface area contributed by atoms with E-state index in [4.69, 9.17) is 4.74 Å². The molecular weight excluding hydrogens is 318 g/mol. The van der Waals surface area contributed by atoms with Gasteiger partial charge < -0.3 is 10.1 Å². The Balaban J connectivity index is 1.92. The van der Waals surface area contributed by atoms with Crippen molar-refractivity contribution in [3.8, 4) is 0 Å². The van der Waals surface area contributed by atoms with Crippen LogP contribution >= 0.6 is 0 Å². The summed E-state index contributed by atoms with van der Waals surface area (Å²) in [5.74, 6) is 0.867. The third kappa shape index (κ3) is 2.46. The minimum Gasteiger partial charge on any atom is -0.465 e. The lowest BCUT2D eigenvalue weighted by Crippen LogP contribution is -2.07. The summed E-state index contributed by atoms with van der Waals surface area (Å²) in [6.07, 6.45) is 0. The van der Waals surface area contributed by atoms with Crippen molar-refractivity contribution < 1.29 is 9.53 Å². The molecule has 4 rings (SSSR count). The van der Waals surface area contributed by atoms with Gasteiger partial charge in [-0.15, -0.1) is 10.2 Å². The van der Waals surface area contributed by atoms with Gasteiger partial charge in [0, 0.05) is 0 Å². The number of carbonyl (C=O) groups excluding carboxylic acids is 1. The Labute approximate surface area is 143 Å². The Morgan fingerprint density at radius 2 is 1.84 bits per heavy atom. The van der Waals surface area contributed by atoms with Crippen LogP contribution in [-0.4, -0.2) is 32.7 Å². The molecule has 0 saturated heterocycles. The maximum Gasteiger partial charge on any atom is 0.339 e. The van der Waals surface area contributed by atoms with Crippen LogP contribution in [0.25, 0.3) is 16.7 Å². The van der Waals surface area contributed by atoms with E-state index in [-0.39, 0.29) is 0 Å². The second-order valence-electron chi connectivity index (χ2n) is 5.52. The zero-order valence-corrected chi connectivity index (χ0v) is 13.7. The highest BCUT2D eigenvalue weighted by molar-refractivity contribution is 5.97. The molecule has 4 aromatic rings. The minimum atomic E-state index is -0.419. The number of nitrogens with one attached hydrogen (secondary N) is 1. The van der Waals surface area contributed by atoms with Gasteiger partial charge in [-0.25, -0.2) is 9.78 Å². The van der Waals surface area contributed by atoms with Crippen LogP contribution < -0.4 is 5.32 Å². The first-order valence-electron chi connectivity index (χ1n) is 7.74. The van der Waals surface area contributed by atoms with Gasteiger partial charge in [0.25, 0.3) is 0 Å². The summed E-state index contributed by atoms with van der Waals surface area (Å²) >= 11 is 0. The number of anilines is 2. The van der Waals surface area contributed by atoms with Gasteiger partial charge in [-0.2, -0.15) is 0 Å². The van der Waals surface area contributed by atoms with E-state index in [1.54, 1.807) is 18.2 Å². The lowest BCUT2D eigenvalue weighted by atomic mass is 10.2. The van der Waals surface area contributed by atoms with Crippen molar-refractivity contribution in [3.63, 3.8) is 0 Å². The molecule has 124 valence electrons. The molecule has 25 heavy (non-hydrogen) atoms. The van der Waals surface area contributed by atoms with E-state index in [0.717, 1.165) is 16.9 Å². The molecular formula is C18H15N5O2. The number of fused-ring (bicyclic) bond motifs is 3. The molecule has 2 aromatic heterocycles. The summed E-state index contributed by atoms with van der Waals surface area (Å²) in [5, 5.41) is 11.6. The van der Waals surface area contributed by atoms with Crippen molar-refractivity contribution >= 4 is 34.2 Å². The Hall–Kier alpha value is -3.48. The van der Waals surface area contributed by atoms with Gasteiger partial charge in [0.1, 0.15) is 5.82 Å². The smallest absolute Gasteiger partial charge is 0.339 e. The molecule has 2 heterocycles. The SMILES string of the molecule is COC(=O)c1ccccc1Nc1nc2ccccc2n2c(C)nnc12. The Morgan fingerprint density at radius 1 is 1.08 bits per heavy atom. The number of benzene rings is 2. The quantitative estimate of drug-likeness (QED) is 0.580. The molecule has 0 aliphatic rings. The summed E-state index contributed by atoms with van der Waals surface area (Å²) in [5.41, 5.74) is 3.34. The second kappa shape index (κ2) is 5.86. The molecule has 1 N–H and O–H groups in total. The molecule has 0 radical (unpaired) electrons. The summed E-state index contributed by atoms with van der Waals surface area (Å²) in [7, 11) is 1.35. The van der Waals surface area contributed by atoms with Gasteiger partial charge in [-0.1, -0.05) is 24.3 Å². The van der Waals surface area contributed by atoms with Gasteiger partial charge in [0.2, 0.25) is 5.65 Å². The van der Waals surface area contributed by atoms with Crippen LogP contribution in [0, 0.1) is 6.92 Å². The lowest BCUT2D eigenvalue weighted by molar-refractivity contribution is 0.0602. The topological polar surface area (TPSA) is 81.4 Å². The standard InChI is InChI=1S/C18H15N5O2/c1-11-21-22-17-16(20-14-9-5-6-10-15(14)23(11)17)19-13-8-4-3-7-12(13)18(24)25-2/h3-10H,1-2H3,(H,19,20). The molecule has 0 amide bonds. The van der Waals surface area contributed by atoms with Crippen molar-refractivity contribution in [2.75, 3.05) is 12.4 Å². The number of aromatic nitrogens is 4. The van der Waals surface area contributed by atoms with Gasteiger partial charge in [0.15, 0.2) is 5.82 Å². The largest absolute Gasteiger partial charge is 0.465 e. The average Bonchev–Trinajstić information content (AvgIpc) is 3.04. The molecule has 0 aliphatic heterocycles. The lowest BCUT2D eigenvalue weighted by Gasteiger charge is -2.12. The molecule has 0 fully saturated rings. The zero-order valence-electron chi connectivity index (χ0n) is 13.7. The van der Waals surface area contributed by atoms with Crippen molar-refractivity contribution in [1.82, 2.24) is 19.6 Å². The molecule has 7 nitrogen and oxygen atoms in total. The van der Waals surface area contributed by atoms with Gasteiger partial charge in [0.05, 0.1) is 29.4 Å². The predicted octanol–water partition coefficient (Wildman–Crippen LogP) is 3.12. The highest BCUT2D eigenvalue weighted by atomic mass is 16.5. The van der Waals surface area contributed by atoms with E-state index < -0.39 is 5.97 Å². The molecule has 0 saturated carbocycles. The van der Waals surface area contributed by atoms with Crippen molar-refractivity contribution in [3.05, 3.63) is 59.9 Å². The van der Waals surface area contributed by atoms with Crippen molar-refractivity contribution in [2.45, 2.75) is 6.92 Å². The predicted molar refractivity (Wildman–Crippen MR) is 94.1 cm³/mol. The molecule has 0 unspecified atom stereocenters. The normalized spacial score (nSPS) is 11.0.